The smallest absolute Gasteiger partial charge is 0.256 e. The zero-order valence-corrected chi connectivity index (χ0v) is 16.8. The van der Waals surface area contributed by atoms with E-state index in [4.69, 9.17) is 16.3 Å². The Kier molecular flexibility index (Phi) is 5.31. The summed E-state index contributed by atoms with van der Waals surface area (Å²) in [6.45, 7) is 1.20. The Morgan fingerprint density at radius 1 is 1.25 bits per heavy atom. The monoisotopic (exact) mass is 420 g/mol. The molecule has 6 nitrogen and oxygen atoms in total. The second-order valence-corrected chi connectivity index (χ2v) is 9.23. The maximum Gasteiger partial charge on any atom is 0.256 e. The van der Waals surface area contributed by atoms with Crippen LogP contribution in [0.2, 0.25) is 5.02 Å². The molecule has 0 aliphatic carbocycles. The molecule has 1 N–H and O–H groups in total. The molecule has 2 aliphatic rings. The van der Waals surface area contributed by atoms with Crippen LogP contribution in [-0.4, -0.2) is 33.6 Å². The van der Waals surface area contributed by atoms with Gasteiger partial charge in [-0.05, 0) is 54.7 Å². The van der Waals surface area contributed by atoms with Gasteiger partial charge in [0.1, 0.15) is 6.10 Å². The highest BCUT2D eigenvalue weighted by atomic mass is 35.5. The Balaban J connectivity index is 1.52. The summed E-state index contributed by atoms with van der Waals surface area (Å²) in [5.74, 6) is -0.224. The second kappa shape index (κ2) is 7.73. The fourth-order valence-corrected chi connectivity index (χ4v) is 5.07. The number of ether oxygens (including phenoxy) is 1. The molecule has 4 rings (SSSR count). The molecule has 1 atom stereocenters. The molecule has 148 valence electrons. The molecule has 0 saturated carbocycles. The number of benzene rings is 2. The number of carbonyl (C=O) groups excluding carboxylic acids is 1. The Morgan fingerprint density at radius 3 is 2.86 bits per heavy atom. The van der Waals surface area contributed by atoms with Crippen molar-refractivity contribution in [1.82, 2.24) is 0 Å². The molecule has 2 aliphatic heterocycles. The van der Waals surface area contributed by atoms with E-state index in [1.807, 2.05) is 6.07 Å². The Morgan fingerprint density at radius 2 is 2.11 bits per heavy atom. The molecular formula is C20H21ClN2O4S. The third kappa shape index (κ3) is 4.16. The number of halogens is 1. The van der Waals surface area contributed by atoms with Gasteiger partial charge < -0.3 is 9.64 Å². The molecular weight excluding hydrogens is 400 g/mol. The van der Waals surface area contributed by atoms with Crippen LogP contribution >= 0.6 is 11.6 Å². The largest absolute Gasteiger partial charge is 0.368 e. The molecule has 28 heavy (non-hydrogen) atoms. The Bertz CT molecular complexity index is 1000. The number of nitrogens with one attached hydrogen (secondary N) is 1. The second-order valence-electron chi connectivity index (χ2n) is 7.08. The van der Waals surface area contributed by atoms with Crippen LogP contribution in [0.1, 0.15) is 24.0 Å². The number of sulfonamides is 1. The number of carbonyl (C=O) groups is 1. The van der Waals surface area contributed by atoms with E-state index >= 15 is 0 Å². The first-order valence-electron chi connectivity index (χ1n) is 9.22. The van der Waals surface area contributed by atoms with Gasteiger partial charge in [-0.2, -0.15) is 0 Å². The van der Waals surface area contributed by atoms with Crippen molar-refractivity contribution in [3.05, 3.63) is 58.6 Å². The van der Waals surface area contributed by atoms with Crippen LogP contribution in [0, 0.1) is 0 Å². The number of hydrogen-bond acceptors (Lipinski definition) is 4. The predicted octanol–water partition coefficient (Wildman–Crippen LogP) is 3.35. The van der Waals surface area contributed by atoms with Gasteiger partial charge in [0.05, 0.1) is 11.4 Å². The number of nitrogens with zero attached hydrogens (tertiary/aromatic N) is 1. The quantitative estimate of drug-likeness (QED) is 0.804. The van der Waals surface area contributed by atoms with Crippen molar-refractivity contribution in [2.45, 2.75) is 31.1 Å². The van der Waals surface area contributed by atoms with Gasteiger partial charge in [-0.1, -0.05) is 29.8 Å². The molecule has 0 bridgehead atoms. The first-order chi connectivity index (χ1) is 13.4. The van der Waals surface area contributed by atoms with Crippen molar-refractivity contribution in [2.24, 2.45) is 0 Å². The lowest BCUT2D eigenvalue weighted by molar-refractivity contribution is -0.127. The standard InChI is InChI=1S/C20H21ClN2O4S/c21-16-4-1-3-14(11-16)13-28(25,26)22-17-7-6-15-8-9-23(18(15)12-17)20(24)19-5-2-10-27-19/h1,3-4,6-7,11-12,19,22H,2,5,8-10,13H2. The minimum atomic E-state index is -3.61. The Hall–Kier alpha value is -2.09. The Labute approximate surface area is 169 Å². The van der Waals surface area contributed by atoms with Gasteiger partial charge in [-0.3, -0.25) is 9.52 Å². The third-order valence-electron chi connectivity index (χ3n) is 4.97. The van der Waals surface area contributed by atoms with Crippen LogP contribution in [0.3, 0.4) is 0 Å². The molecule has 1 unspecified atom stereocenters. The zero-order valence-electron chi connectivity index (χ0n) is 15.2. The highest BCUT2D eigenvalue weighted by molar-refractivity contribution is 7.91. The normalized spacial score (nSPS) is 18.9. The molecule has 2 heterocycles. The third-order valence-corrected chi connectivity index (χ3v) is 6.47. The molecule has 0 spiro atoms. The number of anilines is 2. The van der Waals surface area contributed by atoms with E-state index in [0.717, 1.165) is 30.5 Å². The number of rotatable bonds is 5. The van der Waals surface area contributed by atoms with Crippen molar-refractivity contribution in [3.8, 4) is 0 Å². The molecule has 0 aromatic heterocycles. The molecule has 2 aromatic carbocycles. The van der Waals surface area contributed by atoms with Crippen molar-refractivity contribution in [3.63, 3.8) is 0 Å². The number of fused-ring (bicyclic) bond motifs is 1. The molecule has 8 heteroatoms. The van der Waals surface area contributed by atoms with E-state index in [9.17, 15) is 13.2 Å². The van der Waals surface area contributed by atoms with E-state index in [1.54, 1.807) is 41.3 Å². The van der Waals surface area contributed by atoms with E-state index in [0.29, 0.717) is 29.4 Å². The molecule has 1 saturated heterocycles. The SMILES string of the molecule is O=C(C1CCCO1)N1CCc2ccc(NS(=O)(=O)Cc3cccc(Cl)c3)cc21. The maximum atomic E-state index is 12.7. The van der Waals surface area contributed by atoms with Crippen LogP contribution in [0.15, 0.2) is 42.5 Å². The van der Waals surface area contributed by atoms with Crippen LogP contribution in [0.4, 0.5) is 11.4 Å². The minimum Gasteiger partial charge on any atom is -0.368 e. The summed E-state index contributed by atoms with van der Waals surface area (Å²) in [5, 5.41) is 0.494. The van der Waals surface area contributed by atoms with Gasteiger partial charge >= 0.3 is 0 Å². The summed E-state index contributed by atoms with van der Waals surface area (Å²) in [4.78, 5) is 14.4. The topological polar surface area (TPSA) is 75.7 Å². The first kappa shape index (κ1) is 19.2. The molecule has 2 aromatic rings. The highest BCUT2D eigenvalue weighted by Crippen LogP contribution is 2.33. The lowest BCUT2D eigenvalue weighted by Crippen LogP contribution is -2.37. The minimum absolute atomic E-state index is 0.0461. The van der Waals surface area contributed by atoms with Crippen molar-refractivity contribution >= 4 is 38.9 Å². The highest BCUT2D eigenvalue weighted by Gasteiger charge is 2.33. The average Bonchev–Trinajstić information content (AvgIpc) is 3.30. The molecule has 0 radical (unpaired) electrons. The van der Waals surface area contributed by atoms with Gasteiger partial charge in [0.25, 0.3) is 5.91 Å². The fourth-order valence-electron chi connectivity index (χ4n) is 3.68. The first-order valence-corrected chi connectivity index (χ1v) is 11.3. The summed E-state index contributed by atoms with van der Waals surface area (Å²) < 4.78 is 33.2. The van der Waals surface area contributed by atoms with E-state index < -0.39 is 16.1 Å². The number of hydrogen-bond donors (Lipinski definition) is 1. The van der Waals surface area contributed by atoms with Gasteiger partial charge in [0, 0.05) is 23.9 Å². The van der Waals surface area contributed by atoms with Crippen molar-refractivity contribution < 1.29 is 17.9 Å². The average molecular weight is 421 g/mol. The van der Waals surface area contributed by atoms with Gasteiger partial charge in [-0.25, -0.2) is 8.42 Å². The predicted molar refractivity (Wildman–Crippen MR) is 109 cm³/mol. The fraction of sp³-hybridized carbons (Fsp3) is 0.350. The molecule has 1 fully saturated rings. The van der Waals surface area contributed by atoms with Gasteiger partial charge in [0.2, 0.25) is 10.0 Å². The van der Waals surface area contributed by atoms with E-state index in [-0.39, 0.29) is 11.7 Å². The van der Waals surface area contributed by atoms with E-state index in [2.05, 4.69) is 4.72 Å². The lowest BCUT2D eigenvalue weighted by atomic mass is 10.1. The van der Waals surface area contributed by atoms with Gasteiger partial charge in [0.15, 0.2) is 0 Å². The summed E-state index contributed by atoms with van der Waals surface area (Å²) in [6.07, 6.45) is 1.98. The van der Waals surface area contributed by atoms with Crippen LogP contribution in [0.5, 0.6) is 0 Å². The van der Waals surface area contributed by atoms with Crippen molar-refractivity contribution in [2.75, 3.05) is 22.8 Å². The van der Waals surface area contributed by atoms with Crippen LogP contribution in [0.25, 0.3) is 0 Å². The van der Waals surface area contributed by atoms with E-state index in [1.165, 1.54) is 0 Å². The number of amides is 1. The van der Waals surface area contributed by atoms with Gasteiger partial charge in [-0.15, -0.1) is 0 Å². The van der Waals surface area contributed by atoms with Crippen LogP contribution < -0.4 is 9.62 Å². The van der Waals surface area contributed by atoms with Crippen molar-refractivity contribution in [1.29, 1.82) is 0 Å². The summed E-state index contributed by atoms with van der Waals surface area (Å²) in [6, 6.07) is 12.1. The summed E-state index contributed by atoms with van der Waals surface area (Å²) >= 11 is 5.93. The summed E-state index contributed by atoms with van der Waals surface area (Å²) in [5.41, 5.74) is 2.83. The molecule has 1 amide bonds. The summed E-state index contributed by atoms with van der Waals surface area (Å²) in [7, 11) is -3.61. The van der Waals surface area contributed by atoms with Crippen LogP contribution in [-0.2, 0) is 31.7 Å². The zero-order chi connectivity index (χ0) is 19.7. The maximum absolute atomic E-state index is 12.7. The lowest BCUT2D eigenvalue weighted by Gasteiger charge is -2.21.